The zero-order valence-electron chi connectivity index (χ0n) is 13.4. The third-order valence-corrected chi connectivity index (χ3v) is 3.61. The number of hydrazine groups is 1. The highest BCUT2D eigenvalue weighted by Gasteiger charge is 2.06. The number of carbonyl (C=O) groups is 2. The summed E-state index contributed by atoms with van der Waals surface area (Å²) in [5.74, 6) is -0.779. The lowest BCUT2D eigenvalue weighted by atomic mass is 10.2. The molecule has 0 unspecified atom stereocenters. The van der Waals surface area contributed by atoms with E-state index in [1.807, 2.05) is 19.1 Å². The summed E-state index contributed by atoms with van der Waals surface area (Å²) in [7, 11) is 0. The van der Waals surface area contributed by atoms with Gasteiger partial charge in [-0.25, -0.2) is 4.39 Å². The SMILES string of the molecule is Cc1cc(Br)ccc1OCC(=O)NNC(=O)/C=C/c1ccc(F)cc1. The van der Waals surface area contributed by atoms with E-state index in [0.717, 1.165) is 10.0 Å². The van der Waals surface area contributed by atoms with Gasteiger partial charge in [-0.15, -0.1) is 0 Å². The molecular weight excluding hydrogens is 391 g/mol. The van der Waals surface area contributed by atoms with Gasteiger partial charge < -0.3 is 4.74 Å². The number of rotatable bonds is 5. The predicted molar refractivity (Wildman–Crippen MR) is 96.1 cm³/mol. The summed E-state index contributed by atoms with van der Waals surface area (Å²) in [6.45, 7) is 1.63. The molecule has 0 aliphatic carbocycles. The van der Waals surface area contributed by atoms with Crippen LogP contribution in [-0.2, 0) is 9.59 Å². The van der Waals surface area contributed by atoms with Crippen molar-refractivity contribution < 1.29 is 18.7 Å². The Kier molecular flexibility index (Phi) is 6.71. The van der Waals surface area contributed by atoms with Crippen molar-refractivity contribution in [1.29, 1.82) is 0 Å². The maximum Gasteiger partial charge on any atom is 0.276 e. The van der Waals surface area contributed by atoms with Crippen LogP contribution < -0.4 is 15.6 Å². The van der Waals surface area contributed by atoms with Crippen molar-refractivity contribution >= 4 is 33.8 Å². The molecule has 2 amide bonds. The van der Waals surface area contributed by atoms with Crippen LogP contribution >= 0.6 is 15.9 Å². The second-order valence-electron chi connectivity index (χ2n) is 5.12. The molecule has 0 bridgehead atoms. The number of carbonyl (C=O) groups excluding carboxylic acids is 2. The molecule has 0 saturated heterocycles. The summed E-state index contributed by atoms with van der Waals surface area (Å²) in [5.41, 5.74) is 6.03. The van der Waals surface area contributed by atoms with Crippen molar-refractivity contribution in [2.24, 2.45) is 0 Å². The number of amides is 2. The minimum atomic E-state index is -0.516. The molecule has 25 heavy (non-hydrogen) atoms. The second-order valence-corrected chi connectivity index (χ2v) is 6.04. The fraction of sp³-hybridized carbons (Fsp3) is 0.111. The molecule has 0 spiro atoms. The molecule has 0 saturated carbocycles. The van der Waals surface area contributed by atoms with Gasteiger partial charge in [0.1, 0.15) is 11.6 Å². The van der Waals surface area contributed by atoms with Crippen LogP contribution in [0.15, 0.2) is 53.0 Å². The number of nitrogens with one attached hydrogen (secondary N) is 2. The maximum atomic E-state index is 12.8. The maximum absolute atomic E-state index is 12.8. The number of hydrogen-bond donors (Lipinski definition) is 2. The van der Waals surface area contributed by atoms with Crippen molar-refractivity contribution in [2.75, 3.05) is 6.61 Å². The Labute approximate surface area is 153 Å². The van der Waals surface area contributed by atoms with Crippen molar-refractivity contribution in [1.82, 2.24) is 10.9 Å². The van der Waals surface area contributed by atoms with Crippen molar-refractivity contribution in [2.45, 2.75) is 6.92 Å². The van der Waals surface area contributed by atoms with Crippen molar-refractivity contribution in [3.63, 3.8) is 0 Å². The molecule has 130 valence electrons. The van der Waals surface area contributed by atoms with Gasteiger partial charge in [0.25, 0.3) is 11.8 Å². The summed E-state index contributed by atoms with van der Waals surface area (Å²) in [6, 6.07) is 11.1. The molecule has 0 aliphatic rings. The zero-order valence-corrected chi connectivity index (χ0v) is 15.0. The lowest BCUT2D eigenvalue weighted by Crippen LogP contribution is -2.43. The van der Waals surface area contributed by atoms with Crippen LogP contribution in [0.4, 0.5) is 4.39 Å². The first kappa shape index (κ1) is 18.7. The van der Waals surface area contributed by atoms with E-state index in [1.54, 1.807) is 6.07 Å². The Morgan fingerprint density at radius 3 is 2.56 bits per heavy atom. The van der Waals surface area contributed by atoms with Gasteiger partial charge in [0.05, 0.1) is 0 Å². The number of hydrogen-bond acceptors (Lipinski definition) is 3. The van der Waals surface area contributed by atoms with Gasteiger partial charge in [0, 0.05) is 10.5 Å². The van der Waals surface area contributed by atoms with Crippen LogP contribution in [0.25, 0.3) is 6.08 Å². The molecule has 0 radical (unpaired) electrons. The Hall–Kier alpha value is -2.67. The van der Waals surface area contributed by atoms with Gasteiger partial charge in [0.2, 0.25) is 0 Å². The van der Waals surface area contributed by atoms with E-state index in [-0.39, 0.29) is 12.4 Å². The molecule has 2 rings (SSSR count). The molecule has 2 aromatic carbocycles. The second kappa shape index (κ2) is 8.98. The molecule has 0 atom stereocenters. The van der Waals surface area contributed by atoms with Gasteiger partial charge in [-0.2, -0.15) is 0 Å². The van der Waals surface area contributed by atoms with Crippen LogP contribution in [0.1, 0.15) is 11.1 Å². The molecular formula is C18H16BrFN2O3. The molecule has 0 heterocycles. The van der Waals surface area contributed by atoms with Crippen LogP contribution in [0, 0.1) is 12.7 Å². The van der Waals surface area contributed by atoms with Gasteiger partial charge in [-0.05, 0) is 54.5 Å². The first-order valence-electron chi connectivity index (χ1n) is 7.35. The summed E-state index contributed by atoms with van der Waals surface area (Å²) >= 11 is 3.34. The van der Waals surface area contributed by atoms with Crippen molar-refractivity contribution in [3.05, 3.63) is 70.0 Å². The number of aryl methyl sites for hydroxylation is 1. The van der Waals surface area contributed by atoms with Crippen molar-refractivity contribution in [3.8, 4) is 5.75 Å². The molecule has 0 aliphatic heterocycles. The third kappa shape index (κ3) is 6.39. The van der Waals surface area contributed by atoms with Crippen LogP contribution in [0.2, 0.25) is 0 Å². The van der Waals surface area contributed by atoms with Crippen LogP contribution in [0.3, 0.4) is 0 Å². The summed E-state index contributed by atoms with van der Waals surface area (Å²) in [4.78, 5) is 23.3. The first-order chi connectivity index (χ1) is 11.9. The highest BCUT2D eigenvalue weighted by Crippen LogP contribution is 2.21. The average Bonchev–Trinajstić information content (AvgIpc) is 2.58. The standard InChI is InChI=1S/C18H16BrFN2O3/c1-12-10-14(19)5-8-16(12)25-11-18(24)22-21-17(23)9-4-13-2-6-15(20)7-3-13/h2-10H,11H2,1H3,(H,21,23)(H,22,24)/b9-4+. The number of halogens is 2. The smallest absolute Gasteiger partial charge is 0.276 e. The van der Waals surface area contributed by atoms with Crippen LogP contribution in [0.5, 0.6) is 5.75 Å². The number of ether oxygens (including phenoxy) is 1. The van der Waals surface area contributed by atoms with E-state index in [4.69, 9.17) is 4.74 Å². The van der Waals surface area contributed by atoms with Gasteiger partial charge in [-0.1, -0.05) is 28.1 Å². The topological polar surface area (TPSA) is 67.4 Å². The summed E-state index contributed by atoms with van der Waals surface area (Å²) < 4.78 is 19.1. The van der Waals surface area contributed by atoms with Crippen LogP contribution in [-0.4, -0.2) is 18.4 Å². The van der Waals surface area contributed by atoms with E-state index < -0.39 is 11.8 Å². The Balaban J connectivity index is 1.75. The normalized spacial score (nSPS) is 10.5. The van der Waals surface area contributed by atoms with E-state index >= 15 is 0 Å². The Morgan fingerprint density at radius 1 is 1.16 bits per heavy atom. The predicted octanol–water partition coefficient (Wildman–Crippen LogP) is 3.14. The largest absolute Gasteiger partial charge is 0.483 e. The lowest BCUT2D eigenvalue weighted by Gasteiger charge is -2.09. The van der Waals surface area contributed by atoms with E-state index in [9.17, 15) is 14.0 Å². The highest BCUT2D eigenvalue weighted by atomic mass is 79.9. The highest BCUT2D eigenvalue weighted by molar-refractivity contribution is 9.10. The lowest BCUT2D eigenvalue weighted by molar-refractivity contribution is -0.128. The quantitative estimate of drug-likeness (QED) is 0.591. The fourth-order valence-electron chi connectivity index (χ4n) is 1.87. The average molecular weight is 407 g/mol. The summed E-state index contributed by atoms with van der Waals surface area (Å²) in [6.07, 6.45) is 2.73. The van der Waals surface area contributed by atoms with E-state index in [0.29, 0.717) is 11.3 Å². The van der Waals surface area contributed by atoms with E-state index in [1.165, 1.54) is 36.4 Å². The molecule has 2 N–H and O–H groups in total. The summed E-state index contributed by atoms with van der Waals surface area (Å²) in [5, 5.41) is 0. The minimum absolute atomic E-state index is 0.232. The monoisotopic (exact) mass is 406 g/mol. The third-order valence-electron chi connectivity index (χ3n) is 3.12. The molecule has 5 nitrogen and oxygen atoms in total. The van der Waals surface area contributed by atoms with Gasteiger partial charge >= 0.3 is 0 Å². The minimum Gasteiger partial charge on any atom is -0.483 e. The molecule has 0 aromatic heterocycles. The zero-order chi connectivity index (χ0) is 18.2. The first-order valence-corrected chi connectivity index (χ1v) is 8.15. The van der Waals surface area contributed by atoms with Gasteiger partial charge in [-0.3, -0.25) is 20.4 Å². The number of benzene rings is 2. The fourth-order valence-corrected chi connectivity index (χ4v) is 2.35. The van der Waals surface area contributed by atoms with E-state index in [2.05, 4.69) is 26.8 Å². The Bertz CT molecular complexity index is 791. The Morgan fingerprint density at radius 2 is 1.88 bits per heavy atom. The molecule has 0 fully saturated rings. The van der Waals surface area contributed by atoms with Gasteiger partial charge in [0.15, 0.2) is 6.61 Å². The molecule has 7 heteroatoms. The molecule has 2 aromatic rings.